The summed E-state index contributed by atoms with van der Waals surface area (Å²) in [6, 6.07) is 8.32. The van der Waals surface area contributed by atoms with Crippen molar-refractivity contribution in [2.24, 2.45) is 0 Å². The van der Waals surface area contributed by atoms with E-state index in [2.05, 4.69) is 23.7 Å². The van der Waals surface area contributed by atoms with Crippen LogP contribution in [-0.2, 0) is 0 Å². The highest BCUT2D eigenvalue weighted by atomic mass is 35.5. The molecule has 1 aromatic carbocycles. The van der Waals surface area contributed by atoms with E-state index in [0.29, 0.717) is 0 Å². The molecule has 1 atom stereocenters. The third kappa shape index (κ3) is 2.76. The van der Waals surface area contributed by atoms with Crippen molar-refractivity contribution >= 4 is 39.7 Å². The van der Waals surface area contributed by atoms with E-state index in [1.54, 1.807) is 11.3 Å². The summed E-state index contributed by atoms with van der Waals surface area (Å²) in [5.41, 5.74) is 0.801. The summed E-state index contributed by atoms with van der Waals surface area (Å²) in [7, 11) is 0. The van der Waals surface area contributed by atoms with Crippen LogP contribution in [0.2, 0.25) is 0 Å². The summed E-state index contributed by atoms with van der Waals surface area (Å²) >= 11 is 1.71. The molecule has 3 rings (SSSR count). The van der Waals surface area contributed by atoms with Gasteiger partial charge in [0.25, 0.3) is 5.91 Å². The first-order valence-corrected chi connectivity index (χ1v) is 7.12. The van der Waals surface area contributed by atoms with Gasteiger partial charge in [0.05, 0.1) is 0 Å². The SMILES string of the molecule is C[C@H]1CNCCN1C(=O)c1ccc2sccc2c1.Cl. The molecule has 3 nitrogen and oxygen atoms in total. The minimum absolute atomic E-state index is 0. The molecule has 102 valence electrons. The molecule has 1 saturated heterocycles. The number of fused-ring (bicyclic) bond motifs is 1. The molecule has 1 aliphatic rings. The number of halogens is 1. The van der Waals surface area contributed by atoms with Gasteiger partial charge in [0.1, 0.15) is 0 Å². The summed E-state index contributed by atoms with van der Waals surface area (Å²) in [6.07, 6.45) is 0. The highest BCUT2D eigenvalue weighted by Crippen LogP contribution is 2.22. The van der Waals surface area contributed by atoms with Gasteiger partial charge in [-0.05, 0) is 42.0 Å². The van der Waals surface area contributed by atoms with Crippen LogP contribution in [0.25, 0.3) is 10.1 Å². The van der Waals surface area contributed by atoms with Gasteiger partial charge in [-0.25, -0.2) is 0 Å². The molecule has 2 heterocycles. The van der Waals surface area contributed by atoms with E-state index in [0.717, 1.165) is 30.6 Å². The van der Waals surface area contributed by atoms with E-state index in [1.165, 1.54) is 4.70 Å². The summed E-state index contributed by atoms with van der Waals surface area (Å²) < 4.78 is 1.24. The van der Waals surface area contributed by atoms with Gasteiger partial charge in [0.2, 0.25) is 0 Å². The van der Waals surface area contributed by atoms with E-state index in [4.69, 9.17) is 0 Å². The first-order chi connectivity index (χ1) is 8.75. The Hall–Kier alpha value is -1.10. The Balaban J connectivity index is 0.00000133. The zero-order valence-electron chi connectivity index (χ0n) is 10.8. The van der Waals surface area contributed by atoms with Gasteiger partial charge in [0, 0.05) is 35.9 Å². The van der Waals surface area contributed by atoms with Crippen molar-refractivity contribution in [2.45, 2.75) is 13.0 Å². The molecule has 0 aliphatic carbocycles. The Morgan fingerprint density at radius 3 is 3.05 bits per heavy atom. The van der Waals surface area contributed by atoms with Crippen LogP contribution in [0, 0.1) is 0 Å². The molecular formula is C14H17ClN2OS. The summed E-state index contributed by atoms with van der Waals surface area (Å²) in [6.45, 7) is 4.65. The van der Waals surface area contributed by atoms with Gasteiger partial charge in [0.15, 0.2) is 0 Å². The average molecular weight is 297 g/mol. The minimum Gasteiger partial charge on any atom is -0.333 e. The van der Waals surface area contributed by atoms with Crippen LogP contribution in [0.3, 0.4) is 0 Å². The number of nitrogens with zero attached hydrogens (tertiary/aromatic N) is 1. The van der Waals surface area contributed by atoms with E-state index in [9.17, 15) is 4.79 Å². The Kier molecular flexibility index (Phi) is 4.45. The van der Waals surface area contributed by atoms with Gasteiger partial charge in [-0.3, -0.25) is 4.79 Å². The van der Waals surface area contributed by atoms with E-state index >= 15 is 0 Å². The van der Waals surface area contributed by atoms with Crippen molar-refractivity contribution in [3.8, 4) is 0 Å². The number of piperazine rings is 1. The smallest absolute Gasteiger partial charge is 0.254 e. The summed E-state index contributed by atoms with van der Waals surface area (Å²) in [5.74, 6) is 0.150. The number of hydrogen-bond acceptors (Lipinski definition) is 3. The van der Waals surface area contributed by atoms with Gasteiger partial charge in [-0.2, -0.15) is 0 Å². The van der Waals surface area contributed by atoms with Crippen LogP contribution in [-0.4, -0.2) is 36.5 Å². The van der Waals surface area contributed by atoms with Gasteiger partial charge in [-0.1, -0.05) is 0 Å². The fourth-order valence-corrected chi connectivity index (χ4v) is 3.18. The van der Waals surface area contributed by atoms with E-state index < -0.39 is 0 Å². The monoisotopic (exact) mass is 296 g/mol. The maximum absolute atomic E-state index is 12.5. The molecule has 1 N–H and O–H groups in total. The second-order valence-corrected chi connectivity index (χ2v) is 5.67. The maximum atomic E-state index is 12.5. The summed E-state index contributed by atoms with van der Waals surface area (Å²) in [4.78, 5) is 14.4. The number of hydrogen-bond donors (Lipinski definition) is 1. The third-order valence-electron chi connectivity index (χ3n) is 3.46. The molecule has 1 aliphatic heterocycles. The molecule has 19 heavy (non-hydrogen) atoms. The lowest BCUT2D eigenvalue weighted by Crippen LogP contribution is -2.52. The fraction of sp³-hybridized carbons (Fsp3) is 0.357. The van der Waals surface area contributed by atoms with Gasteiger partial charge >= 0.3 is 0 Å². The van der Waals surface area contributed by atoms with Crippen LogP contribution in [0.1, 0.15) is 17.3 Å². The number of nitrogens with one attached hydrogen (secondary N) is 1. The molecule has 1 amide bonds. The Bertz CT molecular complexity index is 584. The molecule has 2 aromatic rings. The number of amides is 1. The number of benzene rings is 1. The number of carbonyl (C=O) groups is 1. The van der Waals surface area contributed by atoms with Crippen molar-refractivity contribution in [2.75, 3.05) is 19.6 Å². The van der Waals surface area contributed by atoms with Crippen molar-refractivity contribution in [1.29, 1.82) is 0 Å². The molecule has 0 bridgehead atoms. The van der Waals surface area contributed by atoms with Crippen LogP contribution in [0.15, 0.2) is 29.6 Å². The molecule has 5 heteroatoms. The molecular weight excluding hydrogens is 280 g/mol. The van der Waals surface area contributed by atoms with E-state index in [1.807, 2.05) is 23.1 Å². The van der Waals surface area contributed by atoms with Crippen molar-refractivity contribution in [3.05, 3.63) is 35.2 Å². The van der Waals surface area contributed by atoms with Crippen LogP contribution in [0.4, 0.5) is 0 Å². The highest BCUT2D eigenvalue weighted by Gasteiger charge is 2.23. The molecule has 1 fully saturated rings. The van der Waals surface area contributed by atoms with E-state index in [-0.39, 0.29) is 24.4 Å². The van der Waals surface area contributed by atoms with Crippen LogP contribution < -0.4 is 5.32 Å². The molecule has 0 radical (unpaired) electrons. The van der Waals surface area contributed by atoms with Crippen LogP contribution in [0.5, 0.6) is 0 Å². The van der Waals surface area contributed by atoms with Crippen LogP contribution >= 0.6 is 23.7 Å². The molecule has 0 unspecified atom stereocenters. The Morgan fingerprint density at radius 2 is 2.26 bits per heavy atom. The number of thiophene rings is 1. The van der Waals surface area contributed by atoms with Crippen molar-refractivity contribution in [3.63, 3.8) is 0 Å². The standard InChI is InChI=1S/C14H16N2OS.ClH/c1-10-9-15-5-6-16(10)14(17)12-2-3-13-11(8-12)4-7-18-13;/h2-4,7-8,10,15H,5-6,9H2,1H3;1H/t10-;/m0./s1. The quantitative estimate of drug-likeness (QED) is 0.877. The lowest BCUT2D eigenvalue weighted by atomic mass is 10.1. The van der Waals surface area contributed by atoms with Crippen molar-refractivity contribution in [1.82, 2.24) is 10.2 Å². The molecule has 0 spiro atoms. The zero-order valence-corrected chi connectivity index (χ0v) is 12.4. The second kappa shape index (κ2) is 5.90. The first kappa shape index (κ1) is 14.3. The molecule has 1 aromatic heterocycles. The minimum atomic E-state index is 0. The fourth-order valence-electron chi connectivity index (χ4n) is 2.41. The van der Waals surface area contributed by atoms with Gasteiger partial charge < -0.3 is 10.2 Å². The number of rotatable bonds is 1. The van der Waals surface area contributed by atoms with Crippen molar-refractivity contribution < 1.29 is 4.79 Å². The lowest BCUT2D eigenvalue weighted by Gasteiger charge is -2.34. The topological polar surface area (TPSA) is 32.3 Å². The number of carbonyl (C=O) groups excluding carboxylic acids is 1. The second-order valence-electron chi connectivity index (χ2n) is 4.72. The highest BCUT2D eigenvalue weighted by molar-refractivity contribution is 7.17. The maximum Gasteiger partial charge on any atom is 0.254 e. The average Bonchev–Trinajstić information content (AvgIpc) is 2.85. The Labute approximate surface area is 123 Å². The molecule has 0 saturated carbocycles. The largest absolute Gasteiger partial charge is 0.333 e. The predicted octanol–water partition coefficient (Wildman–Crippen LogP) is 2.76. The predicted molar refractivity (Wildman–Crippen MR) is 82.4 cm³/mol. The first-order valence-electron chi connectivity index (χ1n) is 6.24. The lowest BCUT2D eigenvalue weighted by molar-refractivity contribution is 0.0656. The Morgan fingerprint density at radius 1 is 1.42 bits per heavy atom. The summed E-state index contributed by atoms with van der Waals surface area (Å²) in [5, 5.41) is 6.53. The third-order valence-corrected chi connectivity index (χ3v) is 4.36. The van der Waals surface area contributed by atoms with Gasteiger partial charge in [-0.15, -0.1) is 23.7 Å². The zero-order chi connectivity index (χ0) is 12.5. The normalized spacial score (nSPS) is 19.2.